The Labute approximate surface area is 105 Å². The van der Waals surface area contributed by atoms with Crippen molar-refractivity contribution in [3.05, 3.63) is 12.4 Å². The molecule has 2 heterocycles. The van der Waals surface area contributed by atoms with Crippen molar-refractivity contribution in [1.29, 1.82) is 0 Å². The first kappa shape index (κ1) is 11.3. The van der Waals surface area contributed by atoms with E-state index in [4.69, 9.17) is 0 Å². The third kappa shape index (κ3) is 1.87. The fourth-order valence-electron chi connectivity index (χ4n) is 2.82. The minimum Gasteiger partial charge on any atom is -0.343 e. The summed E-state index contributed by atoms with van der Waals surface area (Å²) in [6, 6.07) is -0.349. The molecule has 0 spiro atoms. The predicted molar refractivity (Wildman–Crippen MR) is 64.7 cm³/mol. The monoisotopic (exact) mass is 248 g/mol. The zero-order valence-corrected chi connectivity index (χ0v) is 10.1. The van der Waals surface area contributed by atoms with Crippen LogP contribution in [0.1, 0.15) is 32.1 Å². The van der Waals surface area contributed by atoms with Gasteiger partial charge in [0.15, 0.2) is 0 Å². The number of carbonyl (C=O) groups is 2. The van der Waals surface area contributed by atoms with Crippen molar-refractivity contribution in [1.82, 2.24) is 14.9 Å². The van der Waals surface area contributed by atoms with Crippen molar-refractivity contribution < 1.29 is 9.59 Å². The second-order valence-corrected chi connectivity index (χ2v) is 4.88. The first-order valence-corrected chi connectivity index (χ1v) is 6.37. The number of imidazole rings is 1. The molecule has 1 unspecified atom stereocenters. The molecule has 1 aromatic rings. The summed E-state index contributed by atoms with van der Waals surface area (Å²) in [6.07, 6.45) is 7.64. The van der Waals surface area contributed by atoms with Crippen LogP contribution in [0.4, 0.5) is 5.95 Å². The van der Waals surface area contributed by atoms with Crippen molar-refractivity contribution in [2.75, 3.05) is 5.32 Å². The molecule has 1 atom stereocenters. The van der Waals surface area contributed by atoms with Crippen LogP contribution in [0.2, 0.25) is 0 Å². The molecule has 18 heavy (non-hydrogen) atoms. The summed E-state index contributed by atoms with van der Waals surface area (Å²) in [6.45, 7) is 0. The van der Waals surface area contributed by atoms with Gasteiger partial charge in [-0.1, -0.05) is 12.8 Å². The molecule has 6 nitrogen and oxygen atoms in total. The maximum absolute atomic E-state index is 12.2. The Morgan fingerprint density at radius 1 is 1.33 bits per heavy atom. The Balaban J connectivity index is 1.71. The number of amides is 2. The highest BCUT2D eigenvalue weighted by atomic mass is 16.2. The van der Waals surface area contributed by atoms with E-state index in [0.717, 1.165) is 25.7 Å². The third-order valence-corrected chi connectivity index (χ3v) is 3.68. The van der Waals surface area contributed by atoms with Gasteiger partial charge in [-0.3, -0.25) is 14.5 Å². The highest BCUT2D eigenvalue weighted by Crippen LogP contribution is 2.28. The molecule has 0 bridgehead atoms. The van der Waals surface area contributed by atoms with Crippen LogP contribution < -0.4 is 5.32 Å². The molecule has 2 N–H and O–H groups in total. The van der Waals surface area contributed by atoms with Crippen molar-refractivity contribution in [3.8, 4) is 0 Å². The van der Waals surface area contributed by atoms with Crippen molar-refractivity contribution >= 4 is 17.8 Å². The number of hydrogen-bond acceptors (Lipinski definition) is 4. The number of hydrogen-bond donors (Lipinski definition) is 2. The fraction of sp³-hybridized carbons (Fsp3) is 0.583. The van der Waals surface area contributed by atoms with Gasteiger partial charge in [-0.2, -0.15) is 0 Å². The summed E-state index contributed by atoms with van der Waals surface area (Å²) < 4.78 is 0. The molecular weight excluding hydrogens is 232 g/mol. The van der Waals surface area contributed by atoms with E-state index in [1.54, 1.807) is 12.4 Å². The number of aromatic nitrogens is 2. The lowest BCUT2D eigenvalue weighted by molar-refractivity contribution is -0.141. The van der Waals surface area contributed by atoms with E-state index in [0.29, 0.717) is 5.95 Å². The number of rotatable bonds is 3. The van der Waals surface area contributed by atoms with Crippen LogP contribution in [0, 0.1) is 0 Å². The van der Waals surface area contributed by atoms with Crippen LogP contribution in [-0.2, 0) is 9.59 Å². The zero-order valence-electron chi connectivity index (χ0n) is 10.1. The lowest BCUT2D eigenvalue weighted by Crippen LogP contribution is -2.41. The van der Waals surface area contributed by atoms with E-state index in [2.05, 4.69) is 15.3 Å². The maximum Gasteiger partial charge on any atom is 0.252 e. The first-order chi connectivity index (χ1) is 8.75. The third-order valence-electron chi connectivity index (χ3n) is 3.68. The standard InChI is InChI=1S/C12H16N4O2/c17-10-7-9(15-12-13-5-6-14-12)11(18)16(10)8-3-1-2-4-8/h5-6,8-9H,1-4,7H2,(H2,13,14,15). The fourth-order valence-corrected chi connectivity index (χ4v) is 2.82. The molecular formula is C12H16N4O2. The summed E-state index contributed by atoms with van der Waals surface area (Å²) in [5.74, 6) is 0.369. The highest BCUT2D eigenvalue weighted by Gasteiger charge is 2.43. The van der Waals surface area contributed by atoms with Crippen LogP contribution in [0.25, 0.3) is 0 Å². The lowest BCUT2D eigenvalue weighted by Gasteiger charge is -2.22. The van der Waals surface area contributed by atoms with Crippen LogP contribution in [0.3, 0.4) is 0 Å². The average Bonchev–Trinajstić information content (AvgIpc) is 3.03. The van der Waals surface area contributed by atoms with Crippen molar-refractivity contribution in [2.24, 2.45) is 0 Å². The molecule has 0 radical (unpaired) electrons. The largest absolute Gasteiger partial charge is 0.343 e. The first-order valence-electron chi connectivity index (χ1n) is 6.37. The topological polar surface area (TPSA) is 78.1 Å². The van der Waals surface area contributed by atoms with E-state index in [9.17, 15) is 9.59 Å². The number of carbonyl (C=O) groups excluding carboxylic acids is 2. The Kier molecular flexibility index (Phi) is 2.77. The Hall–Kier alpha value is -1.85. The molecule has 1 aliphatic heterocycles. The van der Waals surface area contributed by atoms with Gasteiger partial charge in [0.05, 0.1) is 6.42 Å². The minimum atomic E-state index is -0.468. The van der Waals surface area contributed by atoms with E-state index >= 15 is 0 Å². The van der Waals surface area contributed by atoms with Crippen molar-refractivity contribution in [3.63, 3.8) is 0 Å². The number of nitrogens with zero attached hydrogens (tertiary/aromatic N) is 2. The van der Waals surface area contributed by atoms with Crippen molar-refractivity contribution in [2.45, 2.75) is 44.2 Å². The van der Waals surface area contributed by atoms with Crippen LogP contribution in [0.15, 0.2) is 12.4 Å². The minimum absolute atomic E-state index is 0.0593. The summed E-state index contributed by atoms with van der Waals surface area (Å²) in [7, 11) is 0. The molecule has 96 valence electrons. The highest BCUT2D eigenvalue weighted by molar-refractivity contribution is 6.07. The van der Waals surface area contributed by atoms with Gasteiger partial charge in [0, 0.05) is 18.4 Å². The van der Waals surface area contributed by atoms with E-state index < -0.39 is 6.04 Å². The summed E-state index contributed by atoms with van der Waals surface area (Å²) in [4.78, 5) is 32.5. The van der Waals surface area contributed by atoms with Gasteiger partial charge >= 0.3 is 0 Å². The zero-order chi connectivity index (χ0) is 12.5. The number of aromatic amines is 1. The van der Waals surface area contributed by atoms with Gasteiger partial charge in [-0.05, 0) is 12.8 Å². The number of anilines is 1. The van der Waals surface area contributed by atoms with E-state index in [-0.39, 0.29) is 24.3 Å². The maximum atomic E-state index is 12.2. The SMILES string of the molecule is O=C1CC(Nc2ncc[nH]2)C(=O)N1C1CCCC1. The van der Waals surface area contributed by atoms with Gasteiger partial charge < -0.3 is 10.3 Å². The Morgan fingerprint density at radius 2 is 2.11 bits per heavy atom. The normalized spacial score (nSPS) is 25.1. The molecule has 0 aromatic carbocycles. The van der Waals surface area contributed by atoms with Crippen LogP contribution >= 0.6 is 0 Å². The molecule has 1 saturated heterocycles. The number of likely N-dealkylation sites (tertiary alicyclic amines) is 1. The number of imide groups is 1. The van der Waals surface area contributed by atoms with Gasteiger partial charge in [-0.25, -0.2) is 4.98 Å². The molecule has 1 saturated carbocycles. The molecule has 2 fully saturated rings. The molecule has 3 rings (SSSR count). The molecule has 2 aliphatic rings. The number of H-pyrrole nitrogens is 1. The van der Waals surface area contributed by atoms with Crippen LogP contribution in [-0.4, -0.2) is 38.8 Å². The summed E-state index contributed by atoms with van der Waals surface area (Å²) >= 11 is 0. The summed E-state index contributed by atoms with van der Waals surface area (Å²) in [5.41, 5.74) is 0. The quantitative estimate of drug-likeness (QED) is 0.779. The van der Waals surface area contributed by atoms with Gasteiger partial charge in [0.2, 0.25) is 11.9 Å². The number of nitrogens with one attached hydrogen (secondary N) is 2. The second-order valence-electron chi connectivity index (χ2n) is 4.88. The molecule has 1 aliphatic carbocycles. The Morgan fingerprint density at radius 3 is 2.78 bits per heavy atom. The van der Waals surface area contributed by atoms with Gasteiger partial charge in [-0.15, -0.1) is 0 Å². The average molecular weight is 248 g/mol. The lowest BCUT2D eigenvalue weighted by atomic mass is 10.2. The molecule has 6 heteroatoms. The smallest absolute Gasteiger partial charge is 0.252 e. The van der Waals surface area contributed by atoms with E-state index in [1.165, 1.54) is 4.90 Å². The predicted octanol–water partition coefficient (Wildman–Crippen LogP) is 0.892. The summed E-state index contributed by atoms with van der Waals surface area (Å²) in [5, 5.41) is 2.98. The van der Waals surface area contributed by atoms with E-state index in [1.807, 2.05) is 0 Å². The second kappa shape index (κ2) is 4.44. The van der Waals surface area contributed by atoms with Crippen LogP contribution in [0.5, 0.6) is 0 Å². The molecule has 2 amide bonds. The van der Waals surface area contributed by atoms with Gasteiger partial charge in [0.1, 0.15) is 6.04 Å². The van der Waals surface area contributed by atoms with Gasteiger partial charge in [0.25, 0.3) is 5.91 Å². The Bertz CT molecular complexity index is 451. The molecule has 1 aromatic heterocycles.